The third kappa shape index (κ3) is 1.76. The van der Waals surface area contributed by atoms with Gasteiger partial charge in [-0.15, -0.1) is 0 Å². The monoisotopic (exact) mass is 204 g/mol. The molecule has 82 valence electrons. The summed E-state index contributed by atoms with van der Waals surface area (Å²) in [4.78, 5) is 7.04. The average Bonchev–Trinajstić information content (AvgIpc) is 3.08. The van der Waals surface area contributed by atoms with Crippen molar-refractivity contribution in [1.29, 1.82) is 0 Å². The minimum Gasteiger partial charge on any atom is -0.304 e. The molecule has 0 aromatic rings. The van der Waals surface area contributed by atoms with Crippen LogP contribution in [0, 0.1) is 11.8 Å². The fraction of sp³-hybridized carbons (Fsp3) is 0.769. The van der Waals surface area contributed by atoms with E-state index in [2.05, 4.69) is 29.1 Å². The van der Waals surface area contributed by atoms with Gasteiger partial charge in [-0.25, -0.2) is 0 Å². The van der Waals surface area contributed by atoms with E-state index in [1.54, 1.807) is 5.57 Å². The Kier molecular flexibility index (Phi) is 2.39. The number of hydrogen-bond acceptors (Lipinski definition) is 2. The minimum atomic E-state index is 0.675. The summed E-state index contributed by atoms with van der Waals surface area (Å²) in [5.41, 5.74) is 1.73. The molecule has 0 spiro atoms. The van der Waals surface area contributed by atoms with E-state index >= 15 is 0 Å². The molecule has 3 rings (SSSR count). The number of allylic oxidation sites excluding steroid dienone is 1. The lowest BCUT2D eigenvalue weighted by Gasteiger charge is -2.32. The van der Waals surface area contributed by atoms with Gasteiger partial charge in [0.2, 0.25) is 0 Å². The van der Waals surface area contributed by atoms with Crippen molar-refractivity contribution in [3.05, 3.63) is 11.6 Å². The summed E-state index contributed by atoms with van der Waals surface area (Å²) in [5, 5.41) is 0. The van der Waals surface area contributed by atoms with Crippen molar-refractivity contribution in [1.82, 2.24) is 4.90 Å². The van der Waals surface area contributed by atoms with Crippen molar-refractivity contribution >= 4 is 6.21 Å². The van der Waals surface area contributed by atoms with Crippen LogP contribution in [0.5, 0.6) is 0 Å². The lowest BCUT2D eigenvalue weighted by Crippen LogP contribution is -2.34. The lowest BCUT2D eigenvalue weighted by atomic mass is 9.85. The average molecular weight is 204 g/mol. The van der Waals surface area contributed by atoms with Crippen LogP contribution in [0.3, 0.4) is 0 Å². The smallest absolute Gasteiger partial charge is 0.0572 e. The van der Waals surface area contributed by atoms with Crippen LogP contribution in [-0.4, -0.2) is 36.8 Å². The molecule has 2 heterocycles. The molecule has 0 N–H and O–H groups in total. The molecule has 2 nitrogen and oxygen atoms in total. The van der Waals surface area contributed by atoms with Gasteiger partial charge in [0.05, 0.1) is 6.04 Å². The van der Waals surface area contributed by atoms with Gasteiger partial charge in [-0.2, -0.15) is 0 Å². The lowest BCUT2D eigenvalue weighted by molar-refractivity contribution is 0.205. The van der Waals surface area contributed by atoms with Crippen LogP contribution in [0.25, 0.3) is 0 Å². The van der Waals surface area contributed by atoms with Gasteiger partial charge in [-0.3, -0.25) is 4.99 Å². The zero-order chi connectivity index (χ0) is 10.3. The zero-order valence-electron chi connectivity index (χ0n) is 9.52. The third-order valence-corrected chi connectivity index (χ3v) is 4.24. The van der Waals surface area contributed by atoms with Gasteiger partial charge in [0.15, 0.2) is 0 Å². The van der Waals surface area contributed by atoms with E-state index in [0.29, 0.717) is 6.04 Å². The summed E-state index contributed by atoms with van der Waals surface area (Å²) >= 11 is 0. The van der Waals surface area contributed by atoms with Gasteiger partial charge in [0, 0.05) is 12.1 Å². The molecule has 2 fully saturated rings. The first-order chi connectivity index (χ1) is 7.38. The third-order valence-electron chi connectivity index (χ3n) is 4.24. The standard InChI is InChI=1S/C13H20N2/c1-2-15-7-4-10(5-8-15)11-3-6-14-13-9-12(11)13/h3,6,10,12-13H,2,4-5,7-9H2,1H3. The van der Waals surface area contributed by atoms with Crippen LogP contribution in [0.1, 0.15) is 26.2 Å². The van der Waals surface area contributed by atoms with Crippen LogP contribution in [0.15, 0.2) is 16.6 Å². The normalized spacial score (nSPS) is 36.2. The molecule has 0 amide bonds. The number of hydrogen-bond donors (Lipinski definition) is 0. The Balaban J connectivity index is 1.64. The molecule has 3 aliphatic rings. The van der Waals surface area contributed by atoms with Crippen molar-refractivity contribution in [2.75, 3.05) is 19.6 Å². The molecule has 0 aromatic carbocycles. The van der Waals surface area contributed by atoms with Gasteiger partial charge in [-0.1, -0.05) is 12.5 Å². The van der Waals surface area contributed by atoms with E-state index in [1.807, 2.05) is 0 Å². The topological polar surface area (TPSA) is 15.6 Å². The fourth-order valence-corrected chi connectivity index (χ4v) is 3.09. The Bertz CT molecular complexity index is 298. The van der Waals surface area contributed by atoms with Crippen LogP contribution < -0.4 is 0 Å². The summed E-state index contributed by atoms with van der Waals surface area (Å²) in [5.74, 6) is 1.71. The maximum absolute atomic E-state index is 4.47. The number of aliphatic imine (C=N–C) groups is 1. The summed E-state index contributed by atoms with van der Waals surface area (Å²) < 4.78 is 0. The van der Waals surface area contributed by atoms with E-state index < -0.39 is 0 Å². The molecule has 15 heavy (non-hydrogen) atoms. The van der Waals surface area contributed by atoms with E-state index in [1.165, 1.54) is 38.9 Å². The Morgan fingerprint density at radius 2 is 2.20 bits per heavy atom. The number of piperidine rings is 1. The van der Waals surface area contributed by atoms with Crippen LogP contribution in [0.2, 0.25) is 0 Å². The molecule has 2 aliphatic heterocycles. The molecular weight excluding hydrogens is 184 g/mol. The number of nitrogens with zero attached hydrogens (tertiary/aromatic N) is 2. The molecule has 0 bridgehead atoms. The summed E-state index contributed by atoms with van der Waals surface area (Å²) in [6.45, 7) is 6.09. The van der Waals surface area contributed by atoms with Crippen molar-refractivity contribution in [2.24, 2.45) is 16.8 Å². The SMILES string of the molecule is CCN1CCC(C2=CC=NC3CC23)CC1. The molecule has 1 aliphatic carbocycles. The Morgan fingerprint density at radius 3 is 2.93 bits per heavy atom. The zero-order valence-corrected chi connectivity index (χ0v) is 9.52. The fourth-order valence-electron chi connectivity index (χ4n) is 3.09. The minimum absolute atomic E-state index is 0.675. The molecule has 1 saturated heterocycles. The van der Waals surface area contributed by atoms with Crippen molar-refractivity contribution < 1.29 is 0 Å². The molecular formula is C13H20N2. The first-order valence-corrected chi connectivity index (χ1v) is 6.34. The van der Waals surface area contributed by atoms with Gasteiger partial charge < -0.3 is 4.90 Å². The summed E-state index contributed by atoms with van der Waals surface area (Å²) in [7, 11) is 0. The first-order valence-electron chi connectivity index (χ1n) is 6.34. The highest BCUT2D eigenvalue weighted by Gasteiger charge is 2.43. The summed E-state index contributed by atoms with van der Waals surface area (Å²) in [6, 6.07) is 0.675. The molecule has 2 heteroatoms. The second-order valence-electron chi connectivity index (χ2n) is 5.08. The Labute approximate surface area is 92.1 Å². The second-order valence-corrected chi connectivity index (χ2v) is 5.08. The second kappa shape index (κ2) is 3.75. The van der Waals surface area contributed by atoms with E-state index in [-0.39, 0.29) is 0 Å². The number of likely N-dealkylation sites (tertiary alicyclic amines) is 1. The quantitative estimate of drug-likeness (QED) is 0.672. The maximum Gasteiger partial charge on any atom is 0.0572 e. The molecule has 2 unspecified atom stereocenters. The molecule has 0 aromatic heterocycles. The highest BCUT2D eigenvalue weighted by Crippen LogP contribution is 2.46. The van der Waals surface area contributed by atoms with Gasteiger partial charge in [-0.05, 0) is 50.9 Å². The predicted molar refractivity (Wildman–Crippen MR) is 63.3 cm³/mol. The van der Waals surface area contributed by atoms with Gasteiger partial charge in [0.1, 0.15) is 0 Å². The van der Waals surface area contributed by atoms with E-state index in [9.17, 15) is 0 Å². The molecule has 1 saturated carbocycles. The number of dihydropyridines is 1. The molecule has 0 radical (unpaired) electrons. The van der Waals surface area contributed by atoms with Crippen LogP contribution in [-0.2, 0) is 0 Å². The highest BCUT2D eigenvalue weighted by molar-refractivity contribution is 5.75. The maximum atomic E-state index is 4.47. The van der Waals surface area contributed by atoms with E-state index in [4.69, 9.17) is 0 Å². The van der Waals surface area contributed by atoms with Crippen molar-refractivity contribution in [3.63, 3.8) is 0 Å². The van der Waals surface area contributed by atoms with Crippen molar-refractivity contribution in [2.45, 2.75) is 32.2 Å². The van der Waals surface area contributed by atoms with Crippen LogP contribution in [0.4, 0.5) is 0 Å². The van der Waals surface area contributed by atoms with Gasteiger partial charge >= 0.3 is 0 Å². The van der Waals surface area contributed by atoms with Crippen LogP contribution >= 0.6 is 0 Å². The first kappa shape index (κ1) is 9.59. The number of fused-ring (bicyclic) bond motifs is 1. The Morgan fingerprint density at radius 1 is 1.40 bits per heavy atom. The summed E-state index contributed by atoms with van der Waals surface area (Å²) in [6.07, 6.45) is 8.43. The van der Waals surface area contributed by atoms with E-state index in [0.717, 1.165) is 11.8 Å². The highest BCUT2D eigenvalue weighted by atomic mass is 15.1. The largest absolute Gasteiger partial charge is 0.304 e. The predicted octanol–water partition coefficient (Wildman–Crippen LogP) is 2.12. The van der Waals surface area contributed by atoms with Crippen molar-refractivity contribution in [3.8, 4) is 0 Å². The Hall–Kier alpha value is -0.630. The van der Waals surface area contributed by atoms with Gasteiger partial charge in [0.25, 0.3) is 0 Å². The number of rotatable bonds is 2. The molecule has 2 atom stereocenters.